The average molecular weight is 411 g/mol. The van der Waals surface area contributed by atoms with E-state index >= 15 is 0 Å². The van der Waals surface area contributed by atoms with Crippen molar-refractivity contribution in [2.24, 2.45) is 11.1 Å². The fourth-order valence-electron chi connectivity index (χ4n) is 2.52. The number of sulfonamides is 1. The van der Waals surface area contributed by atoms with Crippen molar-refractivity contribution < 1.29 is 13.2 Å². The Morgan fingerprint density at radius 2 is 1.93 bits per heavy atom. The smallest absolute Gasteiger partial charge is 0.238 e. The topological polar surface area (TPSA) is 118 Å². The maximum Gasteiger partial charge on any atom is 0.238 e. The number of anilines is 1. The molecule has 0 aliphatic rings. The molecule has 1 atom stereocenters. The van der Waals surface area contributed by atoms with Crippen LogP contribution in [0.15, 0.2) is 34.3 Å². The van der Waals surface area contributed by atoms with Gasteiger partial charge in [-0.3, -0.25) is 4.79 Å². The quantitative estimate of drug-likeness (QED) is 0.578. The van der Waals surface area contributed by atoms with Gasteiger partial charge in [0.1, 0.15) is 0 Å². The summed E-state index contributed by atoms with van der Waals surface area (Å²) in [5, 5.41) is 8.30. The molecule has 148 valence electrons. The number of carbonyl (C=O) groups excluding carboxylic acids is 1. The van der Waals surface area contributed by atoms with Gasteiger partial charge in [-0.05, 0) is 49.9 Å². The van der Waals surface area contributed by atoms with Crippen molar-refractivity contribution in [1.29, 1.82) is 0 Å². The standard InChI is InChI=1S/C18H26N4O3S2/c1-5-16(26-18-20-12(4)15(22-18)10-11(2)3)17(23)21-13-6-8-14(9-7-13)27(19,24)25/h6-9,11,16H,5,10H2,1-4H3,(H,20,22)(H,21,23)(H2,19,24,25)/t16-/m0/s1. The lowest BCUT2D eigenvalue weighted by molar-refractivity contribution is -0.115. The highest BCUT2D eigenvalue weighted by Gasteiger charge is 2.21. The number of hydrogen-bond acceptors (Lipinski definition) is 5. The minimum Gasteiger partial charge on any atom is -0.337 e. The third kappa shape index (κ3) is 6.08. The highest BCUT2D eigenvalue weighted by Crippen LogP contribution is 2.26. The van der Waals surface area contributed by atoms with Crippen LogP contribution in [0.4, 0.5) is 5.69 Å². The Hall–Kier alpha value is -1.84. The summed E-state index contributed by atoms with van der Waals surface area (Å²) in [5.41, 5.74) is 2.57. The van der Waals surface area contributed by atoms with Gasteiger partial charge in [-0.1, -0.05) is 32.5 Å². The molecule has 1 heterocycles. The number of aryl methyl sites for hydroxylation is 1. The van der Waals surface area contributed by atoms with Crippen molar-refractivity contribution in [3.05, 3.63) is 35.7 Å². The van der Waals surface area contributed by atoms with Crippen LogP contribution in [0.3, 0.4) is 0 Å². The van der Waals surface area contributed by atoms with E-state index in [1.165, 1.54) is 36.0 Å². The van der Waals surface area contributed by atoms with E-state index in [4.69, 9.17) is 5.14 Å². The molecular formula is C18H26N4O3S2. The Morgan fingerprint density at radius 3 is 2.44 bits per heavy atom. The summed E-state index contributed by atoms with van der Waals surface area (Å²) in [4.78, 5) is 20.4. The van der Waals surface area contributed by atoms with E-state index in [0.29, 0.717) is 18.0 Å². The van der Waals surface area contributed by atoms with Gasteiger partial charge in [-0.2, -0.15) is 0 Å². The van der Waals surface area contributed by atoms with E-state index in [1.807, 2.05) is 13.8 Å². The zero-order valence-electron chi connectivity index (χ0n) is 15.9. The Kier molecular flexibility index (Phi) is 7.07. The normalized spacial score (nSPS) is 13.0. The fraction of sp³-hybridized carbons (Fsp3) is 0.444. The molecular weight excluding hydrogens is 384 g/mol. The van der Waals surface area contributed by atoms with Crippen molar-refractivity contribution in [2.45, 2.75) is 55.8 Å². The molecule has 0 saturated heterocycles. The molecule has 0 radical (unpaired) electrons. The fourth-order valence-corrected chi connectivity index (χ4v) is 4.01. The Bertz CT molecular complexity index is 890. The van der Waals surface area contributed by atoms with Crippen molar-refractivity contribution in [3.63, 3.8) is 0 Å². The van der Waals surface area contributed by atoms with Crippen molar-refractivity contribution >= 4 is 33.4 Å². The van der Waals surface area contributed by atoms with Gasteiger partial charge >= 0.3 is 0 Å². The second kappa shape index (κ2) is 8.90. The van der Waals surface area contributed by atoms with Crippen molar-refractivity contribution in [1.82, 2.24) is 9.97 Å². The van der Waals surface area contributed by atoms with Gasteiger partial charge in [0.25, 0.3) is 0 Å². The predicted molar refractivity (Wildman–Crippen MR) is 108 cm³/mol. The van der Waals surface area contributed by atoms with Gasteiger partial charge in [0.2, 0.25) is 15.9 Å². The number of aromatic amines is 1. The van der Waals surface area contributed by atoms with E-state index in [2.05, 4.69) is 29.1 Å². The van der Waals surface area contributed by atoms with Crippen LogP contribution in [-0.2, 0) is 21.2 Å². The second-order valence-corrected chi connectivity index (χ2v) is 9.54. The summed E-state index contributed by atoms with van der Waals surface area (Å²) >= 11 is 1.39. The van der Waals surface area contributed by atoms with Gasteiger partial charge < -0.3 is 10.3 Å². The highest BCUT2D eigenvalue weighted by atomic mass is 32.2. The molecule has 1 aromatic carbocycles. The predicted octanol–water partition coefficient (Wildman–Crippen LogP) is 3.07. The number of amides is 1. The molecule has 9 heteroatoms. The average Bonchev–Trinajstić information content (AvgIpc) is 2.91. The molecule has 4 N–H and O–H groups in total. The monoisotopic (exact) mass is 410 g/mol. The number of aromatic nitrogens is 2. The van der Waals surface area contributed by atoms with Crippen LogP contribution in [-0.4, -0.2) is 29.5 Å². The molecule has 0 saturated carbocycles. The number of nitrogens with two attached hydrogens (primary N) is 1. The van der Waals surface area contributed by atoms with Crippen molar-refractivity contribution in [3.8, 4) is 0 Å². The van der Waals surface area contributed by atoms with Gasteiger partial charge in [0.15, 0.2) is 5.16 Å². The van der Waals surface area contributed by atoms with Crippen molar-refractivity contribution in [2.75, 3.05) is 5.32 Å². The first-order valence-electron chi connectivity index (χ1n) is 8.76. The summed E-state index contributed by atoms with van der Waals surface area (Å²) in [5.74, 6) is 0.348. The number of nitrogens with one attached hydrogen (secondary N) is 2. The van der Waals surface area contributed by atoms with Crippen LogP contribution in [0.25, 0.3) is 0 Å². The molecule has 0 bridgehead atoms. The van der Waals surface area contributed by atoms with E-state index in [-0.39, 0.29) is 16.1 Å². The van der Waals surface area contributed by atoms with Crippen LogP contribution in [0.2, 0.25) is 0 Å². The molecule has 1 amide bonds. The minimum absolute atomic E-state index is 0.00524. The highest BCUT2D eigenvalue weighted by molar-refractivity contribution is 8.00. The summed E-state index contributed by atoms with van der Waals surface area (Å²) in [6, 6.07) is 5.78. The first-order valence-corrected chi connectivity index (χ1v) is 11.2. The zero-order valence-corrected chi connectivity index (χ0v) is 17.6. The molecule has 27 heavy (non-hydrogen) atoms. The molecule has 0 unspecified atom stereocenters. The van der Waals surface area contributed by atoms with Gasteiger partial charge in [-0.25, -0.2) is 18.5 Å². The molecule has 7 nitrogen and oxygen atoms in total. The lowest BCUT2D eigenvalue weighted by Crippen LogP contribution is -2.24. The number of carbonyl (C=O) groups is 1. The lowest BCUT2D eigenvalue weighted by Gasteiger charge is -2.13. The van der Waals surface area contributed by atoms with Gasteiger partial charge in [0, 0.05) is 11.4 Å². The number of H-pyrrole nitrogens is 1. The Balaban J connectivity index is 2.05. The van der Waals surface area contributed by atoms with Crippen LogP contribution in [0.1, 0.15) is 38.6 Å². The summed E-state index contributed by atoms with van der Waals surface area (Å²) < 4.78 is 22.6. The van der Waals surface area contributed by atoms with E-state index in [1.54, 1.807) is 0 Å². The van der Waals surface area contributed by atoms with Gasteiger partial charge in [-0.15, -0.1) is 0 Å². The van der Waals surface area contributed by atoms with Gasteiger partial charge in [0.05, 0.1) is 15.8 Å². The van der Waals surface area contributed by atoms with Crippen LogP contribution in [0, 0.1) is 12.8 Å². The maximum atomic E-state index is 12.6. The number of rotatable bonds is 8. The zero-order chi connectivity index (χ0) is 20.2. The number of nitrogens with zero attached hydrogens (tertiary/aromatic N) is 1. The number of benzene rings is 1. The molecule has 0 aliphatic carbocycles. The first-order chi connectivity index (χ1) is 12.6. The molecule has 0 aliphatic heterocycles. The third-order valence-corrected chi connectivity index (χ3v) is 6.11. The molecule has 1 aromatic heterocycles. The summed E-state index contributed by atoms with van der Waals surface area (Å²) in [6.07, 6.45) is 1.52. The second-order valence-electron chi connectivity index (χ2n) is 6.78. The lowest BCUT2D eigenvalue weighted by atomic mass is 10.1. The number of primary sulfonamides is 1. The molecule has 0 spiro atoms. The van der Waals surface area contributed by atoms with E-state index in [0.717, 1.165) is 23.0 Å². The van der Waals surface area contributed by atoms with Crippen LogP contribution >= 0.6 is 11.8 Å². The van der Waals surface area contributed by atoms with Crippen LogP contribution < -0.4 is 10.5 Å². The minimum atomic E-state index is -3.75. The largest absolute Gasteiger partial charge is 0.337 e. The SMILES string of the molecule is CC[C@H](Sc1nc(CC(C)C)c(C)[nH]1)C(=O)Nc1ccc(S(N)(=O)=O)cc1. The Labute approximate surface area is 164 Å². The number of imidazole rings is 1. The Morgan fingerprint density at radius 1 is 1.30 bits per heavy atom. The van der Waals surface area contributed by atoms with E-state index < -0.39 is 10.0 Å². The maximum absolute atomic E-state index is 12.6. The number of hydrogen-bond donors (Lipinski definition) is 3. The van der Waals surface area contributed by atoms with E-state index in [9.17, 15) is 13.2 Å². The molecule has 2 rings (SSSR count). The molecule has 0 fully saturated rings. The molecule has 2 aromatic rings. The summed E-state index contributed by atoms with van der Waals surface area (Å²) in [6.45, 7) is 8.21. The third-order valence-electron chi connectivity index (χ3n) is 3.93. The summed E-state index contributed by atoms with van der Waals surface area (Å²) in [7, 11) is -3.75. The number of thioether (sulfide) groups is 1. The first kappa shape index (κ1) is 21.5. The van der Waals surface area contributed by atoms with Crippen LogP contribution in [0.5, 0.6) is 0 Å².